The molecule has 1 amide bonds. The van der Waals surface area contributed by atoms with E-state index < -0.39 is 0 Å². The Bertz CT molecular complexity index is 1300. The topological polar surface area (TPSA) is 67.2 Å². The number of nitrogens with one attached hydrogen (secondary N) is 1. The van der Waals surface area contributed by atoms with Crippen LogP contribution in [-0.4, -0.2) is 35.3 Å². The van der Waals surface area contributed by atoms with Crippen molar-refractivity contribution in [2.45, 2.75) is 18.1 Å². The molecule has 1 N–H and O–H groups in total. The van der Waals surface area contributed by atoms with Crippen molar-refractivity contribution in [3.63, 3.8) is 0 Å². The molecule has 0 fully saturated rings. The summed E-state index contributed by atoms with van der Waals surface area (Å²) in [6.07, 6.45) is 0.707. The summed E-state index contributed by atoms with van der Waals surface area (Å²) < 4.78 is 1.68. The van der Waals surface area contributed by atoms with Crippen molar-refractivity contribution >= 4 is 39.9 Å². The van der Waals surface area contributed by atoms with E-state index in [-0.39, 0.29) is 17.2 Å². The normalized spacial score (nSPS) is 10.8. The van der Waals surface area contributed by atoms with Crippen LogP contribution in [0.2, 0.25) is 0 Å². The third-order valence-electron chi connectivity index (χ3n) is 5.29. The number of aromatic nitrogens is 2. The maximum absolute atomic E-state index is 13.2. The summed E-state index contributed by atoms with van der Waals surface area (Å²) in [5, 5.41) is 4.05. The lowest BCUT2D eigenvalue weighted by Gasteiger charge is -2.14. The van der Waals surface area contributed by atoms with E-state index in [0.717, 1.165) is 16.9 Å². The molecular formula is C26H26N4O2S. The fourth-order valence-electron chi connectivity index (χ4n) is 3.51. The van der Waals surface area contributed by atoms with Crippen molar-refractivity contribution in [2.75, 3.05) is 30.1 Å². The molecule has 7 heteroatoms. The number of carbonyl (C=O) groups is 1. The van der Waals surface area contributed by atoms with Crippen molar-refractivity contribution in [3.05, 3.63) is 94.8 Å². The Morgan fingerprint density at radius 2 is 1.67 bits per heavy atom. The van der Waals surface area contributed by atoms with Crippen molar-refractivity contribution in [3.8, 4) is 0 Å². The number of amides is 1. The molecular weight excluding hydrogens is 432 g/mol. The van der Waals surface area contributed by atoms with Crippen LogP contribution in [0.15, 0.2) is 88.8 Å². The van der Waals surface area contributed by atoms with Gasteiger partial charge in [-0.05, 0) is 48.4 Å². The lowest BCUT2D eigenvalue weighted by Crippen LogP contribution is -2.25. The van der Waals surface area contributed by atoms with E-state index in [1.54, 1.807) is 10.6 Å². The lowest BCUT2D eigenvalue weighted by atomic mass is 10.1. The number of nitrogens with zero attached hydrogens (tertiary/aromatic N) is 3. The molecule has 3 aromatic carbocycles. The van der Waals surface area contributed by atoms with Crippen LogP contribution in [-0.2, 0) is 17.8 Å². The van der Waals surface area contributed by atoms with Crippen LogP contribution in [0.4, 0.5) is 11.4 Å². The monoisotopic (exact) mass is 458 g/mol. The van der Waals surface area contributed by atoms with Gasteiger partial charge in [0.1, 0.15) is 0 Å². The van der Waals surface area contributed by atoms with Crippen molar-refractivity contribution < 1.29 is 4.79 Å². The molecule has 0 unspecified atom stereocenters. The first-order valence-corrected chi connectivity index (χ1v) is 11.7. The average molecular weight is 459 g/mol. The molecule has 4 rings (SSSR count). The molecule has 0 saturated heterocycles. The van der Waals surface area contributed by atoms with Crippen molar-refractivity contribution in [1.82, 2.24) is 9.55 Å². The van der Waals surface area contributed by atoms with Gasteiger partial charge in [0.15, 0.2) is 5.16 Å². The van der Waals surface area contributed by atoms with Gasteiger partial charge in [-0.15, -0.1) is 0 Å². The molecule has 0 saturated carbocycles. The number of rotatable bonds is 8. The summed E-state index contributed by atoms with van der Waals surface area (Å²) in [5.74, 6) is 0.0144. The highest BCUT2D eigenvalue weighted by molar-refractivity contribution is 7.99. The van der Waals surface area contributed by atoms with E-state index in [1.807, 2.05) is 91.8 Å². The highest BCUT2D eigenvalue weighted by atomic mass is 32.2. The molecule has 0 aliphatic carbocycles. The Hall–Kier alpha value is -3.58. The molecule has 33 heavy (non-hydrogen) atoms. The number of carbonyl (C=O) groups excluding carboxylic acids is 1. The maximum atomic E-state index is 13.2. The van der Waals surface area contributed by atoms with E-state index >= 15 is 0 Å². The number of para-hydroxylation sites is 1. The van der Waals surface area contributed by atoms with Gasteiger partial charge in [-0.2, -0.15) is 0 Å². The fourth-order valence-corrected chi connectivity index (χ4v) is 4.34. The van der Waals surface area contributed by atoms with E-state index in [4.69, 9.17) is 4.98 Å². The first-order valence-electron chi connectivity index (χ1n) is 10.7. The minimum Gasteiger partial charge on any atom is -0.378 e. The van der Waals surface area contributed by atoms with Crippen LogP contribution < -0.4 is 15.8 Å². The highest BCUT2D eigenvalue weighted by Crippen LogP contribution is 2.20. The Morgan fingerprint density at radius 1 is 0.970 bits per heavy atom. The van der Waals surface area contributed by atoms with Crippen LogP contribution in [0.3, 0.4) is 0 Å². The third kappa shape index (κ3) is 5.62. The van der Waals surface area contributed by atoms with E-state index in [0.29, 0.717) is 29.0 Å². The Balaban J connectivity index is 1.51. The van der Waals surface area contributed by atoms with Gasteiger partial charge in [-0.25, -0.2) is 4.98 Å². The summed E-state index contributed by atoms with van der Waals surface area (Å²) >= 11 is 1.28. The van der Waals surface area contributed by atoms with Gasteiger partial charge in [-0.3, -0.25) is 14.2 Å². The Morgan fingerprint density at radius 3 is 2.39 bits per heavy atom. The van der Waals surface area contributed by atoms with Crippen LogP contribution in [0.1, 0.15) is 5.56 Å². The van der Waals surface area contributed by atoms with Crippen LogP contribution >= 0.6 is 11.8 Å². The molecule has 0 spiro atoms. The summed E-state index contributed by atoms with van der Waals surface area (Å²) in [6.45, 7) is 0.497. The first-order chi connectivity index (χ1) is 16.0. The van der Waals surface area contributed by atoms with E-state index in [2.05, 4.69) is 5.32 Å². The second-order valence-electron chi connectivity index (χ2n) is 7.88. The standard InChI is InChI=1S/C26H26N4O2S/c1-29(2)21-14-12-20(13-15-21)27-24(31)18-33-26-28-23-11-7-6-10-22(23)25(32)30(26)17-16-19-8-4-3-5-9-19/h3-15H,16-18H2,1-2H3,(H,27,31). The molecule has 4 aromatic rings. The predicted octanol–water partition coefficient (Wildman–Crippen LogP) is 4.44. The smallest absolute Gasteiger partial charge is 0.262 e. The van der Waals surface area contributed by atoms with Gasteiger partial charge in [0.2, 0.25) is 5.91 Å². The van der Waals surface area contributed by atoms with Gasteiger partial charge in [0.25, 0.3) is 5.56 Å². The quantitative estimate of drug-likeness (QED) is 0.312. The van der Waals surface area contributed by atoms with Gasteiger partial charge >= 0.3 is 0 Å². The zero-order chi connectivity index (χ0) is 23.2. The number of thioether (sulfide) groups is 1. The van der Waals surface area contributed by atoms with Crippen LogP contribution in [0, 0.1) is 0 Å². The lowest BCUT2D eigenvalue weighted by molar-refractivity contribution is -0.113. The molecule has 0 aliphatic heterocycles. The number of hydrogen-bond donors (Lipinski definition) is 1. The van der Waals surface area contributed by atoms with Crippen LogP contribution in [0.5, 0.6) is 0 Å². The molecule has 0 radical (unpaired) electrons. The molecule has 0 bridgehead atoms. The molecule has 168 valence electrons. The van der Waals surface area contributed by atoms with Gasteiger partial charge in [0.05, 0.1) is 16.7 Å². The number of fused-ring (bicyclic) bond motifs is 1. The van der Waals surface area contributed by atoms with E-state index in [9.17, 15) is 9.59 Å². The highest BCUT2D eigenvalue weighted by Gasteiger charge is 2.13. The summed E-state index contributed by atoms with van der Waals surface area (Å²) in [7, 11) is 3.94. The molecule has 0 aliphatic rings. The second-order valence-corrected chi connectivity index (χ2v) is 8.82. The third-order valence-corrected chi connectivity index (χ3v) is 6.27. The molecule has 6 nitrogen and oxygen atoms in total. The van der Waals surface area contributed by atoms with E-state index in [1.165, 1.54) is 11.8 Å². The molecule has 0 atom stereocenters. The zero-order valence-electron chi connectivity index (χ0n) is 18.7. The number of aryl methyl sites for hydroxylation is 1. The van der Waals surface area contributed by atoms with Gasteiger partial charge in [0, 0.05) is 32.0 Å². The summed E-state index contributed by atoms with van der Waals surface area (Å²) in [5.41, 5.74) is 3.50. The average Bonchev–Trinajstić information content (AvgIpc) is 2.83. The maximum Gasteiger partial charge on any atom is 0.262 e. The van der Waals surface area contributed by atoms with Gasteiger partial charge in [-0.1, -0.05) is 54.2 Å². The van der Waals surface area contributed by atoms with Crippen LogP contribution in [0.25, 0.3) is 10.9 Å². The zero-order valence-corrected chi connectivity index (χ0v) is 19.5. The number of benzene rings is 3. The minimum absolute atomic E-state index is 0.0845. The van der Waals surface area contributed by atoms with Crippen molar-refractivity contribution in [1.29, 1.82) is 0 Å². The molecule has 1 heterocycles. The molecule has 1 aromatic heterocycles. The number of anilines is 2. The SMILES string of the molecule is CN(C)c1ccc(NC(=O)CSc2nc3ccccc3c(=O)n2CCc2ccccc2)cc1. The van der Waals surface area contributed by atoms with Crippen molar-refractivity contribution in [2.24, 2.45) is 0 Å². The summed E-state index contributed by atoms with van der Waals surface area (Å²) in [6, 6.07) is 25.0. The van der Waals surface area contributed by atoms with Gasteiger partial charge < -0.3 is 10.2 Å². The fraction of sp³-hybridized carbons (Fsp3) is 0.192. The Kier molecular flexibility index (Phi) is 7.10. The Labute approximate surface area is 197 Å². The largest absolute Gasteiger partial charge is 0.378 e. The predicted molar refractivity (Wildman–Crippen MR) is 136 cm³/mol. The minimum atomic E-state index is -0.144. The second kappa shape index (κ2) is 10.4. The first kappa shape index (κ1) is 22.6. The number of hydrogen-bond acceptors (Lipinski definition) is 5. The summed E-state index contributed by atoms with van der Waals surface area (Å²) in [4.78, 5) is 32.5.